The van der Waals surface area contributed by atoms with Gasteiger partial charge in [-0.15, -0.1) is 0 Å². The van der Waals surface area contributed by atoms with E-state index >= 15 is 4.39 Å². The van der Waals surface area contributed by atoms with Crippen molar-refractivity contribution in [1.29, 1.82) is 0 Å². The van der Waals surface area contributed by atoms with E-state index in [0.29, 0.717) is 0 Å². The Bertz CT molecular complexity index is 1810. The molecule has 4 aromatic rings. The van der Waals surface area contributed by atoms with Gasteiger partial charge in [-0.2, -0.15) is 11.3 Å². The van der Waals surface area contributed by atoms with Crippen molar-refractivity contribution < 1.29 is 27.4 Å². The summed E-state index contributed by atoms with van der Waals surface area (Å²) in [6.45, 7) is 3.88. The normalized spacial score (nSPS) is 18.8. The summed E-state index contributed by atoms with van der Waals surface area (Å²) in [5.41, 5.74) is 0.716. The standard InChI is InChI=1S/C30H27FN4O5S2/c1-30(2)13-22-28(42(38,39)17-30)27(20-7-6-19(12-21(20)31)40-15-18-8-11-41-16-18)35(29(37)23-14-32-9-10-33-23)24-4-3-5-25(36)26(24)34-22/h3-12,14,16,27,34,36H,13,15,17H2,1-2H3/t27-/m1/s1. The lowest BCUT2D eigenvalue weighted by Gasteiger charge is -2.37. The number of nitrogens with zero attached hydrogens (tertiary/aromatic N) is 3. The second-order valence-electron chi connectivity index (χ2n) is 11.0. The molecule has 0 unspecified atom stereocenters. The molecule has 1 amide bonds. The van der Waals surface area contributed by atoms with Crippen molar-refractivity contribution in [3.05, 3.63) is 105 Å². The third-order valence-corrected chi connectivity index (χ3v) is 10.2. The van der Waals surface area contributed by atoms with Gasteiger partial charge >= 0.3 is 0 Å². The molecule has 4 heterocycles. The van der Waals surface area contributed by atoms with Crippen LogP contribution in [-0.2, 0) is 16.4 Å². The van der Waals surface area contributed by atoms with Crippen molar-refractivity contribution in [3.63, 3.8) is 0 Å². The van der Waals surface area contributed by atoms with Crippen LogP contribution in [-0.4, -0.2) is 35.2 Å². The second kappa shape index (κ2) is 10.5. The molecule has 2 aromatic carbocycles. The van der Waals surface area contributed by atoms with Gasteiger partial charge in [0.15, 0.2) is 9.84 Å². The first kappa shape index (κ1) is 27.9. The first-order valence-corrected chi connectivity index (χ1v) is 15.7. The number of sulfone groups is 1. The van der Waals surface area contributed by atoms with Gasteiger partial charge in [0.25, 0.3) is 5.91 Å². The van der Waals surface area contributed by atoms with Crippen LogP contribution < -0.4 is 15.0 Å². The summed E-state index contributed by atoms with van der Waals surface area (Å²) >= 11 is 1.52. The minimum atomic E-state index is -4.05. The number of allylic oxidation sites excluding steroid dienone is 1. The highest BCUT2D eigenvalue weighted by molar-refractivity contribution is 7.95. The highest BCUT2D eigenvalue weighted by Crippen LogP contribution is 2.52. The van der Waals surface area contributed by atoms with Gasteiger partial charge < -0.3 is 15.2 Å². The number of thiophene rings is 1. The van der Waals surface area contributed by atoms with Crippen LogP contribution in [0.3, 0.4) is 0 Å². The fourth-order valence-corrected chi connectivity index (χ4v) is 8.51. The van der Waals surface area contributed by atoms with Crippen molar-refractivity contribution in [2.45, 2.75) is 32.9 Å². The molecule has 0 saturated heterocycles. The zero-order valence-electron chi connectivity index (χ0n) is 22.7. The molecule has 0 spiro atoms. The zero-order chi connectivity index (χ0) is 29.6. The Kier molecular flexibility index (Phi) is 6.98. The van der Waals surface area contributed by atoms with Crippen molar-refractivity contribution in [2.75, 3.05) is 16.0 Å². The van der Waals surface area contributed by atoms with Crippen LogP contribution >= 0.6 is 11.3 Å². The number of amides is 1. The minimum absolute atomic E-state index is 0.0519. The van der Waals surface area contributed by atoms with Gasteiger partial charge in [0.2, 0.25) is 0 Å². The van der Waals surface area contributed by atoms with Gasteiger partial charge in [-0.1, -0.05) is 19.9 Å². The topological polar surface area (TPSA) is 122 Å². The number of aromatic hydroxyl groups is 1. The van der Waals surface area contributed by atoms with E-state index < -0.39 is 33.0 Å². The number of halogens is 1. The molecule has 0 radical (unpaired) electrons. The van der Waals surface area contributed by atoms with E-state index in [1.165, 1.54) is 59.1 Å². The number of carbonyl (C=O) groups is 1. The lowest BCUT2D eigenvalue weighted by Crippen LogP contribution is -2.41. The molecule has 12 heteroatoms. The summed E-state index contributed by atoms with van der Waals surface area (Å²) in [6, 6.07) is 9.19. The highest BCUT2D eigenvalue weighted by atomic mass is 32.2. The van der Waals surface area contributed by atoms with Crippen LogP contribution in [0.4, 0.5) is 15.8 Å². The minimum Gasteiger partial charge on any atom is -0.506 e. The summed E-state index contributed by atoms with van der Waals surface area (Å²) in [6.07, 6.45) is 4.28. The maximum absolute atomic E-state index is 16.2. The molecule has 0 aliphatic carbocycles. The Morgan fingerprint density at radius 3 is 2.79 bits per heavy atom. The molecule has 6 rings (SSSR count). The van der Waals surface area contributed by atoms with Gasteiger partial charge in [0.05, 0.1) is 22.5 Å². The van der Waals surface area contributed by atoms with Crippen LogP contribution in [0.25, 0.3) is 0 Å². The van der Waals surface area contributed by atoms with E-state index in [9.17, 15) is 18.3 Å². The summed E-state index contributed by atoms with van der Waals surface area (Å²) in [7, 11) is -4.05. The van der Waals surface area contributed by atoms with E-state index in [1.807, 2.05) is 30.7 Å². The number of aromatic nitrogens is 2. The molecule has 0 fully saturated rings. The number of para-hydroxylation sites is 1. The lowest BCUT2D eigenvalue weighted by atomic mass is 9.88. The first-order chi connectivity index (χ1) is 20.0. The zero-order valence-corrected chi connectivity index (χ0v) is 24.4. The summed E-state index contributed by atoms with van der Waals surface area (Å²) in [5, 5.41) is 17.9. The van der Waals surface area contributed by atoms with E-state index in [2.05, 4.69) is 15.3 Å². The molecule has 9 nitrogen and oxygen atoms in total. The molecular weight excluding hydrogens is 579 g/mol. The van der Waals surface area contributed by atoms with E-state index in [1.54, 1.807) is 12.1 Å². The summed E-state index contributed by atoms with van der Waals surface area (Å²) in [5.74, 6) is -1.63. The van der Waals surface area contributed by atoms with Crippen LogP contribution in [0, 0.1) is 11.2 Å². The SMILES string of the molecule is CC1(C)CC2=C([C@@H](c3ccc(OCc4ccsc4)cc3F)N(C(=O)c3cnccn3)c3cccc(O)c3N2)S(=O)(=O)C1. The Labute approximate surface area is 246 Å². The monoisotopic (exact) mass is 606 g/mol. The quantitative estimate of drug-likeness (QED) is 0.272. The highest BCUT2D eigenvalue weighted by Gasteiger charge is 2.48. The molecule has 0 bridgehead atoms. The van der Waals surface area contributed by atoms with Crippen LogP contribution in [0.1, 0.15) is 47.9 Å². The fraction of sp³-hybridized carbons (Fsp3) is 0.233. The van der Waals surface area contributed by atoms with Crippen molar-refractivity contribution in [3.8, 4) is 11.5 Å². The number of hydrogen-bond acceptors (Lipinski definition) is 9. The maximum Gasteiger partial charge on any atom is 0.279 e. The average Bonchev–Trinajstić information content (AvgIpc) is 3.41. The largest absolute Gasteiger partial charge is 0.506 e. The molecule has 1 atom stereocenters. The number of anilines is 2. The number of ether oxygens (including phenoxy) is 1. The summed E-state index contributed by atoms with van der Waals surface area (Å²) in [4.78, 5) is 23.4. The van der Waals surface area contributed by atoms with Gasteiger partial charge in [-0.3, -0.25) is 14.7 Å². The van der Waals surface area contributed by atoms with Crippen molar-refractivity contribution in [2.24, 2.45) is 5.41 Å². The molecule has 2 aliphatic heterocycles. The Balaban J connectivity index is 1.57. The predicted molar refractivity (Wildman–Crippen MR) is 158 cm³/mol. The second-order valence-corrected chi connectivity index (χ2v) is 13.7. The third-order valence-electron chi connectivity index (χ3n) is 7.18. The average molecular weight is 607 g/mol. The first-order valence-electron chi connectivity index (χ1n) is 13.1. The Hall–Kier alpha value is -4.29. The molecule has 2 aliphatic rings. The Morgan fingerprint density at radius 2 is 2.07 bits per heavy atom. The van der Waals surface area contributed by atoms with Crippen LogP contribution in [0.15, 0.2) is 82.4 Å². The van der Waals surface area contributed by atoms with E-state index in [0.717, 1.165) is 5.56 Å². The third kappa shape index (κ3) is 5.12. The molecule has 42 heavy (non-hydrogen) atoms. The van der Waals surface area contributed by atoms with Gasteiger partial charge in [0.1, 0.15) is 41.3 Å². The van der Waals surface area contributed by atoms with Crippen molar-refractivity contribution in [1.82, 2.24) is 9.97 Å². The molecule has 216 valence electrons. The lowest BCUT2D eigenvalue weighted by molar-refractivity contribution is 0.0975. The Morgan fingerprint density at radius 1 is 1.24 bits per heavy atom. The number of rotatable bonds is 5. The molecular formula is C30H27FN4O5S2. The number of phenols is 1. The van der Waals surface area contributed by atoms with Crippen LogP contribution in [0.2, 0.25) is 0 Å². The van der Waals surface area contributed by atoms with Gasteiger partial charge in [-0.05, 0) is 58.5 Å². The van der Waals surface area contributed by atoms with E-state index in [-0.39, 0.29) is 63.5 Å². The number of hydrogen-bond donors (Lipinski definition) is 2. The molecule has 0 saturated carbocycles. The summed E-state index contributed by atoms with van der Waals surface area (Å²) < 4.78 is 50.0. The number of phenolic OH excluding ortho intramolecular Hbond substituents is 1. The van der Waals surface area contributed by atoms with Gasteiger partial charge in [0, 0.05) is 29.7 Å². The predicted octanol–water partition coefficient (Wildman–Crippen LogP) is 5.83. The fourth-order valence-electron chi connectivity index (χ4n) is 5.50. The molecule has 2 aromatic heterocycles. The van der Waals surface area contributed by atoms with Crippen LogP contribution in [0.5, 0.6) is 11.5 Å². The number of carbonyl (C=O) groups excluding carboxylic acids is 1. The molecule has 2 N–H and O–H groups in total. The number of nitrogens with one attached hydrogen (secondary N) is 1. The van der Waals surface area contributed by atoms with E-state index in [4.69, 9.17) is 4.74 Å². The smallest absolute Gasteiger partial charge is 0.279 e. The number of benzene rings is 2. The van der Waals surface area contributed by atoms with Crippen molar-refractivity contribution >= 4 is 38.5 Å². The number of fused-ring (bicyclic) bond motifs is 1. The van der Waals surface area contributed by atoms with Gasteiger partial charge in [-0.25, -0.2) is 17.8 Å². The maximum atomic E-state index is 16.2.